The van der Waals surface area contributed by atoms with Gasteiger partial charge < -0.3 is 20.1 Å². The van der Waals surface area contributed by atoms with Crippen LogP contribution in [0.25, 0.3) is 0 Å². The maximum Gasteiger partial charge on any atom is 0.221 e. The molecule has 1 aromatic carbocycles. The summed E-state index contributed by atoms with van der Waals surface area (Å²) in [4.78, 5) is 11.6. The van der Waals surface area contributed by atoms with E-state index in [4.69, 9.17) is 9.47 Å². The van der Waals surface area contributed by atoms with E-state index >= 15 is 0 Å². The standard InChI is InChI=1S/C14H22N2O3/c1-4-15-8-7-14(17)16-10-11-9-12(18-2)5-6-13(11)19-3/h5-6,9,15H,4,7-8,10H2,1-3H3,(H,16,17). The Morgan fingerprint density at radius 3 is 2.68 bits per heavy atom. The zero-order chi connectivity index (χ0) is 14.1. The largest absolute Gasteiger partial charge is 0.497 e. The van der Waals surface area contributed by atoms with E-state index < -0.39 is 0 Å². The first-order valence-electron chi connectivity index (χ1n) is 6.39. The highest BCUT2D eigenvalue weighted by molar-refractivity contribution is 5.76. The summed E-state index contributed by atoms with van der Waals surface area (Å²) < 4.78 is 10.4. The maximum absolute atomic E-state index is 11.6. The number of rotatable bonds is 8. The highest BCUT2D eigenvalue weighted by Crippen LogP contribution is 2.23. The number of hydrogen-bond acceptors (Lipinski definition) is 4. The number of amides is 1. The van der Waals surface area contributed by atoms with E-state index in [1.807, 2.05) is 25.1 Å². The summed E-state index contributed by atoms with van der Waals surface area (Å²) in [6.45, 7) is 4.01. The van der Waals surface area contributed by atoms with Gasteiger partial charge in [0.05, 0.1) is 14.2 Å². The molecule has 0 unspecified atom stereocenters. The highest BCUT2D eigenvalue weighted by Gasteiger charge is 2.07. The molecule has 0 bridgehead atoms. The molecule has 0 aliphatic rings. The molecule has 1 aromatic rings. The van der Waals surface area contributed by atoms with E-state index in [1.54, 1.807) is 14.2 Å². The van der Waals surface area contributed by atoms with Crippen molar-refractivity contribution in [2.24, 2.45) is 0 Å². The van der Waals surface area contributed by atoms with Gasteiger partial charge in [0.2, 0.25) is 5.91 Å². The number of methoxy groups -OCH3 is 2. The van der Waals surface area contributed by atoms with Gasteiger partial charge in [0.15, 0.2) is 0 Å². The van der Waals surface area contributed by atoms with Crippen LogP contribution in [0.3, 0.4) is 0 Å². The number of carbonyl (C=O) groups is 1. The molecular weight excluding hydrogens is 244 g/mol. The Balaban J connectivity index is 2.53. The van der Waals surface area contributed by atoms with E-state index in [0.29, 0.717) is 19.5 Å². The van der Waals surface area contributed by atoms with Crippen LogP contribution in [0.5, 0.6) is 11.5 Å². The van der Waals surface area contributed by atoms with Gasteiger partial charge in [-0.25, -0.2) is 0 Å². The van der Waals surface area contributed by atoms with Crippen molar-refractivity contribution in [1.29, 1.82) is 0 Å². The lowest BCUT2D eigenvalue weighted by Crippen LogP contribution is -2.27. The van der Waals surface area contributed by atoms with Crippen LogP contribution >= 0.6 is 0 Å². The first-order chi connectivity index (χ1) is 9.21. The van der Waals surface area contributed by atoms with Crippen LogP contribution in [0.2, 0.25) is 0 Å². The minimum atomic E-state index is 0.0193. The van der Waals surface area contributed by atoms with Crippen LogP contribution in [-0.2, 0) is 11.3 Å². The average Bonchev–Trinajstić information content (AvgIpc) is 2.45. The Morgan fingerprint density at radius 1 is 1.26 bits per heavy atom. The van der Waals surface area contributed by atoms with Crippen molar-refractivity contribution in [3.05, 3.63) is 23.8 Å². The first-order valence-corrected chi connectivity index (χ1v) is 6.39. The highest BCUT2D eigenvalue weighted by atomic mass is 16.5. The number of benzene rings is 1. The fraction of sp³-hybridized carbons (Fsp3) is 0.500. The second-order valence-corrected chi connectivity index (χ2v) is 4.06. The molecule has 5 nitrogen and oxygen atoms in total. The molecule has 0 saturated heterocycles. The zero-order valence-corrected chi connectivity index (χ0v) is 11.8. The predicted molar refractivity (Wildman–Crippen MR) is 74.6 cm³/mol. The van der Waals surface area contributed by atoms with Crippen molar-refractivity contribution in [3.8, 4) is 11.5 Å². The molecule has 0 atom stereocenters. The Kier molecular flexibility index (Phi) is 6.74. The van der Waals surface area contributed by atoms with Crippen molar-refractivity contribution in [3.63, 3.8) is 0 Å². The molecule has 5 heteroatoms. The molecule has 0 saturated carbocycles. The lowest BCUT2D eigenvalue weighted by atomic mass is 10.2. The van der Waals surface area contributed by atoms with Gasteiger partial charge in [-0.2, -0.15) is 0 Å². The lowest BCUT2D eigenvalue weighted by molar-refractivity contribution is -0.121. The van der Waals surface area contributed by atoms with Crippen molar-refractivity contribution in [2.75, 3.05) is 27.3 Å². The van der Waals surface area contributed by atoms with Gasteiger partial charge in [0, 0.05) is 25.1 Å². The molecule has 0 aromatic heterocycles. The van der Waals surface area contributed by atoms with Crippen LogP contribution in [-0.4, -0.2) is 33.2 Å². The summed E-state index contributed by atoms with van der Waals surface area (Å²) in [5.41, 5.74) is 0.902. The van der Waals surface area contributed by atoms with E-state index in [9.17, 15) is 4.79 Å². The smallest absolute Gasteiger partial charge is 0.221 e. The summed E-state index contributed by atoms with van der Waals surface area (Å²) in [5, 5.41) is 5.98. The Hall–Kier alpha value is -1.75. The second-order valence-electron chi connectivity index (χ2n) is 4.06. The fourth-order valence-corrected chi connectivity index (χ4v) is 1.68. The number of carbonyl (C=O) groups excluding carboxylic acids is 1. The van der Waals surface area contributed by atoms with Gasteiger partial charge >= 0.3 is 0 Å². The van der Waals surface area contributed by atoms with Crippen molar-refractivity contribution in [1.82, 2.24) is 10.6 Å². The van der Waals surface area contributed by atoms with E-state index in [1.165, 1.54) is 0 Å². The zero-order valence-electron chi connectivity index (χ0n) is 11.8. The lowest BCUT2D eigenvalue weighted by Gasteiger charge is -2.11. The molecule has 2 N–H and O–H groups in total. The minimum Gasteiger partial charge on any atom is -0.497 e. The molecule has 1 amide bonds. The monoisotopic (exact) mass is 266 g/mol. The molecule has 0 heterocycles. The first kappa shape index (κ1) is 15.3. The van der Waals surface area contributed by atoms with Crippen LogP contribution < -0.4 is 20.1 Å². The summed E-state index contributed by atoms with van der Waals surface area (Å²) >= 11 is 0. The Labute approximate surface area is 114 Å². The van der Waals surface area contributed by atoms with E-state index in [2.05, 4.69) is 10.6 Å². The predicted octanol–water partition coefficient (Wildman–Crippen LogP) is 1.32. The normalized spacial score (nSPS) is 10.1. The molecule has 106 valence electrons. The van der Waals surface area contributed by atoms with Crippen LogP contribution in [0.1, 0.15) is 18.9 Å². The molecule has 19 heavy (non-hydrogen) atoms. The van der Waals surface area contributed by atoms with Gasteiger partial charge in [-0.1, -0.05) is 6.92 Å². The van der Waals surface area contributed by atoms with Crippen LogP contribution in [0.15, 0.2) is 18.2 Å². The molecule has 0 aliphatic carbocycles. The Bertz CT molecular complexity index is 408. The number of nitrogens with one attached hydrogen (secondary N) is 2. The van der Waals surface area contributed by atoms with E-state index in [0.717, 1.165) is 23.6 Å². The summed E-state index contributed by atoms with van der Waals surface area (Å²) in [5.74, 6) is 1.51. The number of hydrogen-bond donors (Lipinski definition) is 2. The third-order valence-electron chi connectivity index (χ3n) is 2.74. The van der Waals surface area contributed by atoms with Crippen LogP contribution in [0.4, 0.5) is 0 Å². The maximum atomic E-state index is 11.6. The summed E-state index contributed by atoms with van der Waals surface area (Å²) in [7, 11) is 3.22. The van der Waals surface area contributed by atoms with Gasteiger partial charge in [-0.3, -0.25) is 4.79 Å². The molecule has 1 rings (SSSR count). The Morgan fingerprint density at radius 2 is 2.05 bits per heavy atom. The summed E-state index contributed by atoms with van der Waals surface area (Å²) in [6.07, 6.45) is 0.472. The quantitative estimate of drug-likeness (QED) is 0.697. The van der Waals surface area contributed by atoms with Crippen molar-refractivity contribution >= 4 is 5.91 Å². The van der Waals surface area contributed by atoms with E-state index in [-0.39, 0.29) is 5.91 Å². The third kappa shape index (κ3) is 5.18. The van der Waals surface area contributed by atoms with Crippen LogP contribution in [0, 0.1) is 0 Å². The SMILES string of the molecule is CCNCCC(=O)NCc1cc(OC)ccc1OC. The van der Waals surface area contributed by atoms with Crippen molar-refractivity contribution < 1.29 is 14.3 Å². The minimum absolute atomic E-state index is 0.0193. The number of ether oxygens (including phenoxy) is 2. The average molecular weight is 266 g/mol. The molecular formula is C14H22N2O3. The van der Waals surface area contributed by atoms with Gasteiger partial charge in [0.25, 0.3) is 0 Å². The molecule has 0 spiro atoms. The topological polar surface area (TPSA) is 59.6 Å². The van der Waals surface area contributed by atoms with Gasteiger partial charge in [0.1, 0.15) is 11.5 Å². The molecule has 0 radical (unpaired) electrons. The fourth-order valence-electron chi connectivity index (χ4n) is 1.68. The third-order valence-corrected chi connectivity index (χ3v) is 2.74. The van der Waals surface area contributed by atoms with Gasteiger partial charge in [-0.15, -0.1) is 0 Å². The molecule has 0 fully saturated rings. The summed E-state index contributed by atoms with van der Waals surface area (Å²) in [6, 6.07) is 5.53. The van der Waals surface area contributed by atoms with Crippen molar-refractivity contribution in [2.45, 2.75) is 19.9 Å². The van der Waals surface area contributed by atoms with Gasteiger partial charge in [-0.05, 0) is 24.7 Å². The second kappa shape index (κ2) is 8.37. The molecule has 0 aliphatic heterocycles.